The summed E-state index contributed by atoms with van der Waals surface area (Å²) in [6, 6.07) is 6.33. The van der Waals surface area contributed by atoms with E-state index in [0.717, 1.165) is 68.9 Å². The molecule has 0 spiro atoms. The Morgan fingerprint density at radius 3 is 2.77 bits per heavy atom. The molecule has 1 aromatic heterocycles. The monoisotopic (exact) mass is 442 g/mol. The Balaban J connectivity index is 1.54. The number of rotatable bonds is 8. The van der Waals surface area contributed by atoms with Gasteiger partial charge in [0.1, 0.15) is 11.3 Å². The SMILES string of the molecule is CCCCc1ccc(OC)c(-c2csc(NC(=O)C3(N4CCCC4)CCNCC3)n2)c1. The molecule has 4 rings (SSSR count). The van der Waals surface area contributed by atoms with Gasteiger partial charge in [0.2, 0.25) is 5.91 Å². The largest absolute Gasteiger partial charge is 0.496 e. The number of unbranched alkanes of at least 4 members (excludes halogenated alkanes) is 1. The average molecular weight is 443 g/mol. The fraction of sp³-hybridized carbons (Fsp3) is 0.583. The molecule has 31 heavy (non-hydrogen) atoms. The minimum atomic E-state index is -0.411. The standard InChI is InChI=1S/C24H34N4O2S/c1-3-4-7-18-8-9-21(30-2)19(16-18)20-17-31-23(26-20)27-22(29)24(10-12-25-13-11-24)28-14-5-6-15-28/h8-9,16-17,25H,3-7,10-15H2,1-2H3,(H,26,27,29). The zero-order valence-corrected chi connectivity index (χ0v) is 19.5. The van der Waals surface area contributed by atoms with Crippen LogP contribution >= 0.6 is 11.3 Å². The maximum absolute atomic E-state index is 13.5. The number of thiazole rings is 1. The molecule has 0 radical (unpaired) electrons. The molecular weight excluding hydrogens is 408 g/mol. The van der Waals surface area contributed by atoms with Crippen molar-refractivity contribution in [2.45, 2.75) is 57.4 Å². The predicted molar refractivity (Wildman–Crippen MR) is 127 cm³/mol. The molecule has 6 nitrogen and oxygen atoms in total. The third-order valence-corrected chi connectivity index (χ3v) is 7.41. The second-order valence-corrected chi connectivity index (χ2v) is 9.46. The van der Waals surface area contributed by atoms with Crippen LogP contribution in [0, 0.1) is 0 Å². The van der Waals surface area contributed by atoms with Crippen molar-refractivity contribution < 1.29 is 9.53 Å². The number of ether oxygens (including phenoxy) is 1. The molecule has 2 saturated heterocycles. The quantitative estimate of drug-likeness (QED) is 0.637. The number of anilines is 1. The number of piperidine rings is 1. The number of hydrogen-bond donors (Lipinski definition) is 2. The maximum atomic E-state index is 13.5. The van der Waals surface area contributed by atoms with E-state index in [1.165, 1.54) is 36.2 Å². The molecule has 0 bridgehead atoms. The van der Waals surface area contributed by atoms with Crippen LogP contribution in [0.25, 0.3) is 11.3 Å². The molecule has 2 fully saturated rings. The Bertz CT molecular complexity index is 885. The maximum Gasteiger partial charge on any atom is 0.246 e. The number of aromatic nitrogens is 1. The molecule has 7 heteroatoms. The molecule has 1 amide bonds. The second kappa shape index (κ2) is 10.1. The highest BCUT2D eigenvalue weighted by Crippen LogP contribution is 2.35. The first-order chi connectivity index (χ1) is 15.2. The lowest BCUT2D eigenvalue weighted by Gasteiger charge is -2.43. The molecular formula is C24H34N4O2S. The van der Waals surface area contributed by atoms with Gasteiger partial charge in [0.25, 0.3) is 0 Å². The molecule has 1 aromatic carbocycles. The van der Waals surface area contributed by atoms with Crippen molar-refractivity contribution in [3.8, 4) is 17.0 Å². The molecule has 0 saturated carbocycles. The van der Waals surface area contributed by atoms with Crippen LogP contribution in [0.15, 0.2) is 23.6 Å². The zero-order valence-electron chi connectivity index (χ0n) is 18.7. The van der Waals surface area contributed by atoms with Crippen LogP contribution in [0.5, 0.6) is 5.75 Å². The molecule has 3 heterocycles. The number of nitrogens with zero attached hydrogens (tertiary/aromatic N) is 2. The Kier molecular flexibility index (Phi) is 7.25. The summed E-state index contributed by atoms with van der Waals surface area (Å²) in [5.41, 5.74) is 2.73. The first kappa shape index (κ1) is 22.2. The van der Waals surface area contributed by atoms with Crippen molar-refractivity contribution in [3.63, 3.8) is 0 Å². The van der Waals surface area contributed by atoms with Gasteiger partial charge in [-0.1, -0.05) is 19.4 Å². The summed E-state index contributed by atoms with van der Waals surface area (Å²) in [5, 5.41) is 9.25. The van der Waals surface area contributed by atoms with Crippen molar-refractivity contribution in [2.24, 2.45) is 0 Å². The van der Waals surface area contributed by atoms with E-state index in [1.807, 2.05) is 11.4 Å². The number of hydrogen-bond acceptors (Lipinski definition) is 6. The molecule has 2 N–H and O–H groups in total. The summed E-state index contributed by atoms with van der Waals surface area (Å²) in [6.07, 6.45) is 7.44. The number of carbonyl (C=O) groups is 1. The van der Waals surface area contributed by atoms with Crippen LogP contribution < -0.4 is 15.4 Å². The Hall–Kier alpha value is -1.96. The number of aryl methyl sites for hydroxylation is 1. The van der Waals surface area contributed by atoms with Crippen LogP contribution in [0.2, 0.25) is 0 Å². The fourth-order valence-electron chi connectivity index (χ4n) is 4.83. The van der Waals surface area contributed by atoms with E-state index in [-0.39, 0.29) is 5.91 Å². The summed E-state index contributed by atoms with van der Waals surface area (Å²) in [5.74, 6) is 0.913. The zero-order chi connectivity index (χ0) is 21.7. The number of amides is 1. The minimum Gasteiger partial charge on any atom is -0.496 e. The van der Waals surface area contributed by atoms with Crippen molar-refractivity contribution in [3.05, 3.63) is 29.1 Å². The number of methoxy groups -OCH3 is 1. The molecule has 0 unspecified atom stereocenters. The molecule has 2 aliphatic heterocycles. The second-order valence-electron chi connectivity index (χ2n) is 8.61. The lowest BCUT2D eigenvalue weighted by molar-refractivity contribution is -0.129. The van der Waals surface area contributed by atoms with Gasteiger partial charge in [-0.05, 0) is 82.4 Å². The van der Waals surface area contributed by atoms with Gasteiger partial charge in [0.05, 0.1) is 12.8 Å². The third kappa shape index (κ3) is 4.78. The molecule has 2 aliphatic rings. The van der Waals surface area contributed by atoms with Crippen molar-refractivity contribution >= 4 is 22.4 Å². The first-order valence-electron chi connectivity index (χ1n) is 11.6. The van der Waals surface area contributed by atoms with Gasteiger partial charge in [-0.15, -0.1) is 11.3 Å². The smallest absolute Gasteiger partial charge is 0.246 e. The molecule has 0 atom stereocenters. The van der Waals surface area contributed by atoms with Crippen LogP contribution in [0.3, 0.4) is 0 Å². The number of likely N-dealkylation sites (tertiary alicyclic amines) is 1. The van der Waals surface area contributed by atoms with Gasteiger partial charge in [-0.3, -0.25) is 9.69 Å². The average Bonchev–Trinajstić information content (AvgIpc) is 3.51. The number of carbonyl (C=O) groups excluding carboxylic acids is 1. The van der Waals surface area contributed by atoms with E-state index >= 15 is 0 Å². The lowest BCUT2D eigenvalue weighted by Crippen LogP contribution is -2.60. The van der Waals surface area contributed by atoms with E-state index in [2.05, 4.69) is 34.6 Å². The van der Waals surface area contributed by atoms with E-state index in [1.54, 1.807) is 7.11 Å². The normalized spacial score (nSPS) is 18.8. The molecule has 168 valence electrons. The minimum absolute atomic E-state index is 0.0976. The van der Waals surface area contributed by atoms with Crippen LogP contribution in [-0.4, -0.2) is 54.6 Å². The summed E-state index contributed by atoms with van der Waals surface area (Å²) in [4.78, 5) is 20.7. The highest BCUT2D eigenvalue weighted by molar-refractivity contribution is 7.14. The van der Waals surface area contributed by atoms with Crippen molar-refractivity contribution in [2.75, 3.05) is 38.6 Å². The first-order valence-corrected chi connectivity index (χ1v) is 12.4. The van der Waals surface area contributed by atoms with Gasteiger partial charge in [0, 0.05) is 10.9 Å². The number of nitrogens with one attached hydrogen (secondary N) is 2. The van der Waals surface area contributed by atoms with E-state index in [9.17, 15) is 4.79 Å². The molecule has 2 aromatic rings. The van der Waals surface area contributed by atoms with E-state index in [0.29, 0.717) is 5.13 Å². The van der Waals surface area contributed by atoms with E-state index in [4.69, 9.17) is 9.72 Å². The van der Waals surface area contributed by atoms with Crippen molar-refractivity contribution in [1.82, 2.24) is 15.2 Å². The Morgan fingerprint density at radius 2 is 2.06 bits per heavy atom. The van der Waals surface area contributed by atoms with Gasteiger partial charge < -0.3 is 15.4 Å². The van der Waals surface area contributed by atoms with Gasteiger partial charge in [-0.2, -0.15) is 0 Å². The van der Waals surface area contributed by atoms with Crippen LogP contribution in [0.1, 0.15) is 51.0 Å². The van der Waals surface area contributed by atoms with Gasteiger partial charge in [0.15, 0.2) is 5.13 Å². The number of benzene rings is 1. The molecule has 0 aliphatic carbocycles. The highest BCUT2D eigenvalue weighted by atomic mass is 32.1. The predicted octanol–water partition coefficient (Wildman–Crippen LogP) is 4.32. The van der Waals surface area contributed by atoms with Crippen molar-refractivity contribution in [1.29, 1.82) is 0 Å². The Labute approximate surface area is 189 Å². The summed E-state index contributed by atoms with van der Waals surface area (Å²) >= 11 is 1.49. The van der Waals surface area contributed by atoms with Gasteiger partial charge >= 0.3 is 0 Å². The van der Waals surface area contributed by atoms with E-state index < -0.39 is 5.54 Å². The Morgan fingerprint density at radius 1 is 1.29 bits per heavy atom. The topological polar surface area (TPSA) is 66.5 Å². The highest BCUT2D eigenvalue weighted by Gasteiger charge is 2.45. The van der Waals surface area contributed by atoms with Crippen LogP contribution in [0.4, 0.5) is 5.13 Å². The summed E-state index contributed by atoms with van der Waals surface area (Å²) in [6.45, 7) is 6.00. The summed E-state index contributed by atoms with van der Waals surface area (Å²) in [7, 11) is 1.69. The van der Waals surface area contributed by atoms with Crippen LogP contribution in [-0.2, 0) is 11.2 Å². The lowest BCUT2D eigenvalue weighted by atomic mass is 9.85. The fourth-order valence-corrected chi connectivity index (χ4v) is 5.54. The van der Waals surface area contributed by atoms with Gasteiger partial charge in [-0.25, -0.2) is 4.98 Å². The summed E-state index contributed by atoms with van der Waals surface area (Å²) < 4.78 is 5.59. The third-order valence-electron chi connectivity index (χ3n) is 6.65.